The van der Waals surface area contributed by atoms with Gasteiger partial charge in [0.2, 0.25) is 0 Å². The molecule has 13 rings (SSSR count). The molecule has 0 amide bonds. The number of rotatable bonds is 4. The number of fused-ring (bicyclic) bond motifs is 7. The predicted molar refractivity (Wildman–Crippen MR) is 243 cm³/mol. The molecule has 0 radical (unpaired) electrons. The average Bonchev–Trinajstić information content (AvgIpc) is 3.80. The first-order chi connectivity index (χ1) is 28.7. The number of hydrogen-bond donors (Lipinski definition) is 0. The summed E-state index contributed by atoms with van der Waals surface area (Å²) in [6, 6.07) is 76.7. The summed E-state index contributed by atoms with van der Waals surface area (Å²) in [7, 11) is 0. The second-order valence-electron chi connectivity index (χ2n) is 15.9. The number of benzene rings is 11. The first-order valence-electron chi connectivity index (χ1n) is 20.2. The molecule has 0 saturated carbocycles. The van der Waals surface area contributed by atoms with Gasteiger partial charge in [-0.3, -0.25) is 0 Å². The van der Waals surface area contributed by atoms with Crippen molar-refractivity contribution in [1.82, 2.24) is 0 Å². The summed E-state index contributed by atoms with van der Waals surface area (Å²) in [6.07, 6.45) is 0. The normalized spacial score (nSPS) is 13.3. The van der Waals surface area contributed by atoms with E-state index in [0.29, 0.717) is 0 Å². The third-order valence-electron chi connectivity index (χ3n) is 13.1. The average molecular weight is 735 g/mol. The first-order valence-corrected chi connectivity index (χ1v) is 20.2. The van der Waals surface area contributed by atoms with Gasteiger partial charge in [-0.2, -0.15) is 0 Å². The van der Waals surface area contributed by atoms with Gasteiger partial charge < -0.3 is 4.42 Å². The molecule has 12 aromatic rings. The fourth-order valence-corrected chi connectivity index (χ4v) is 10.6. The van der Waals surface area contributed by atoms with Gasteiger partial charge >= 0.3 is 0 Å². The molecule has 1 nitrogen and oxygen atoms in total. The lowest BCUT2D eigenvalue weighted by Crippen LogP contribution is -2.28. The van der Waals surface area contributed by atoms with Crippen molar-refractivity contribution < 1.29 is 4.42 Å². The van der Waals surface area contributed by atoms with Crippen LogP contribution in [-0.2, 0) is 5.41 Å². The van der Waals surface area contributed by atoms with Crippen molar-refractivity contribution in [3.8, 4) is 33.4 Å². The van der Waals surface area contributed by atoms with Gasteiger partial charge in [0.25, 0.3) is 0 Å². The first kappa shape index (κ1) is 31.7. The van der Waals surface area contributed by atoms with Gasteiger partial charge in [-0.15, -0.1) is 0 Å². The highest BCUT2D eigenvalue weighted by molar-refractivity contribution is 6.25. The highest BCUT2D eigenvalue weighted by Gasteiger charge is 2.46. The van der Waals surface area contributed by atoms with E-state index >= 15 is 0 Å². The van der Waals surface area contributed by atoms with Gasteiger partial charge in [0.1, 0.15) is 11.2 Å². The molecular formula is C57H34O. The van der Waals surface area contributed by atoms with Crippen molar-refractivity contribution in [3.63, 3.8) is 0 Å². The molecule has 58 heavy (non-hydrogen) atoms. The molecule has 0 unspecified atom stereocenters. The zero-order chi connectivity index (χ0) is 38.0. The Bertz CT molecular complexity index is 3550. The minimum absolute atomic E-state index is 0.559. The molecule has 0 saturated heterocycles. The van der Waals surface area contributed by atoms with E-state index < -0.39 is 5.41 Å². The Morgan fingerprint density at radius 2 is 0.862 bits per heavy atom. The Morgan fingerprint density at radius 3 is 1.67 bits per heavy atom. The lowest BCUT2D eigenvalue weighted by molar-refractivity contribution is 0.669. The molecule has 0 atom stereocenters. The van der Waals surface area contributed by atoms with E-state index in [1.54, 1.807) is 0 Å². The van der Waals surface area contributed by atoms with Crippen molar-refractivity contribution in [2.24, 2.45) is 0 Å². The van der Waals surface area contributed by atoms with E-state index in [0.717, 1.165) is 27.5 Å². The molecule has 1 heteroatoms. The second-order valence-corrected chi connectivity index (χ2v) is 15.9. The molecule has 0 aliphatic heterocycles. The van der Waals surface area contributed by atoms with E-state index in [4.69, 9.17) is 4.42 Å². The standard InChI is InChI=1S/C57H34O/c1-3-14-41(15-4-1)57(42-16-5-2-6-17-42)51-32-39(44-27-23-37-22-21-35-11-9-12-36-24-30-48(44)56(37)55(35)36)25-28-45(51)50-31-38-13-10-19-43(49(38)34-52(50)57)40-26-29-47-46-18-7-8-20-53(46)58-54(47)33-40/h1-34H. The van der Waals surface area contributed by atoms with Crippen LogP contribution in [-0.4, -0.2) is 0 Å². The summed E-state index contributed by atoms with van der Waals surface area (Å²) < 4.78 is 6.40. The summed E-state index contributed by atoms with van der Waals surface area (Å²) in [4.78, 5) is 0. The van der Waals surface area contributed by atoms with Gasteiger partial charge in [0.05, 0.1) is 5.41 Å². The van der Waals surface area contributed by atoms with Crippen molar-refractivity contribution in [3.05, 3.63) is 229 Å². The van der Waals surface area contributed by atoms with Crippen LogP contribution in [0.15, 0.2) is 211 Å². The van der Waals surface area contributed by atoms with Crippen molar-refractivity contribution in [2.45, 2.75) is 5.41 Å². The Balaban J connectivity index is 1.09. The van der Waals surface area contributed by atoms with Crippen LogP contribution < -0.4 is 0 Å². The maximum Gasteiger partial charge on any atom is 0.136 e. The van der Waals surface area contributed by atoms with E-state index in [-0.39, 0.29) is 0 Å². The van der Waals surface area contributed by atoms with Crippen LogP contribution in [0.1, 0.15) is 22.3 Å². The molecule has 1 aromatic heterocycles. The van der Waals surface area contributed by atoms with Crippen LogP contribution in [0.25, 0.3) is 98.4 Å². The fourth-order valence-electron chi connectivity index (χ4n) is 10.6. The summed E-state index contributed by atoms with van der Waals surface area (Å²) in [5.74, 6) is 0. The highest BCUT2D eigenvalue weighted by Crippen LogP contribution is 2.58. The fraction of sp³-hybridized carbons (Fsp3) is 0.0175. The molecule has 11 aromatic carbocycles. The number of hydrogen-bond acceptors (Lipinski definition) is 1. The summed E-state index contributed by atoms with van der Waals surface area (Å²) in [6.45, 7) is 0. The second kappa shape index (κ2) is 11.8. The van der Waals surface area contributed by atoms with Crippen molar-refractivity contribution in [2.75, 3.05) is 0 Å². The Hall–Kier alpha value is -7.48. The van der Waals surface area contributed by atoms with Gasteiger partial charge in [-0.1, -0.05) is 170 Å². The smallest absolute Gasteiger partial charge is 0.136 e. The minimum atomic E-state index is -0.559. The molecule has 0 spiro atoms. The quantitative estimate of drug-likeness (QED) is 0.164. The summed E-state index contributed by atoms with van der Waals surface area (Å²) in [5.41, 5.74) is 13.8. The Kier molecular flexibility index (Phi) is 6.43. The number of para-hydroxylation sites is 1. The molecule has 1 aliphatic carbocycles. The molecule has 268 valence electrons. The van der Waals surface area contributed by atoms with Crippen LogP contribution in [0.2, 0.25) is 0 Å². The van der Waals surface area contributed by atoms with Crippen LogP contribution in [0, 0.1) is 0 Å². The van der Waals surface area contributed by atoms with Crippen LogP contribution in [0.4, 0.5) is 0 Å². The molecule has 0 N–H and O–H groups in total. The lowest BCUT2D eigenvalue weighted by atomic mass is 9.67. The third kappa shape index (κ3) is 4.25. The largest absolute Gasteiger partial charge is 0.456 e. The zero-order valence-corrected chi connectivity index (χ0v) is 31.5. The molecule has 1 aliphatic rings. The summed E-state index contributed by atoms with van der Waals surface area (Å²) >= 11 is 0. The predicted octanol–water partition coefficient (Wildman–Crippen LogP) is 15.3. The Labute approximate surface area is 335 Å². The molecule has 0 bridgehead atoms. The van der Waals surface area contributed by atoms with Crippen LogP contribution in [0.5, 0.6) is 0 Å². The van der Waals surface area contributed by atoms with Gasteiger partial charge in [0.15, 0.2) is 0 Å². The van der Waals surface area contributed by atoms with Crippen LogP contribution in [0.3, 0.4) is 0 Å². The van der Waals surface area contributed by atoms with Gasteiger partial charge in [-0.25, -0.2) is 0 Å². The molecule has 1 heterocycles. The molecule has 0 fully saturated rings. The maximum atomic E-state index is 6.40. The summed E-state index contributed by atoms with van der Waals surface area (Å²) in [5, 5.41) is 12.6. The van der Waals surface area contributed by atoms with Crippen LogP contribution >= 0.6 is 0 Å². The topological polar surface area (TPSA) is 13.1 Å². The zero-order valence-electron chi connectivity index (χ0n) is 31.5. The third-order valence-corrected chi connectivity index (χ3v) is 13.1. The van der Waals surface area contributed by atoms with Gasteiger partial charge in [-0.05, 0) is 135 Å². The van der Waals surface area contributed by atoms with Gasteiger partial charge in [0, 0.05) is 10.8 Å². The van der Waals surface area contributed by atoms with E-state index in [2.05, 4.69) is 200 Å². The lowest BCUT2D eigenvalue weighted by Gasteiger charge is -2.34. The monoisotopic (exact) mass is 734 g/mol. The highest BCUT2D eigenvalue weighted by atomic mass is 16.3. The maximum absolute atomic E-state index is 6.40. The van der Waals surface area contributed by atoms with Crippen molar-refractivity contribution in [1.29, 1.82) is 0 Å². The van der Waals surface area contributed by atoms with E-state index in [1.807, 2.05) is 6.07 Å². The Morgan fingerprint density at radius 1 is 0.293 bits per heavy atom. The van der Waals surface area contributed by atoms with E-state index in [9.17, 15) is 0 Å². The van der Waals surface area contributed by atoms with E-state index in [1.165, 1.54) is 93.2 Å². The SMILES string of the molecule is c1ccc(C2(c3ccccc3)c3cc(-c4ccc5ccc6cccc7ccc4c5c67)ccc3-c3cc4cccc(-c5ccc6c(c5)oc5ccccc56)c4cc32)cc1. The minimum Gasteiger partial charge on any atom is -0.456 e. The number of furan rings is 1. The van der Waals surface area contributed by atoms with Crippen molar-refractivity contribution >= 4 is 65.0 Å². The molecular weight excluding hydrogens is 701 g/mol.